The van der Waals surface area contributed by atoms with Gasteiger partial charge < -0.3 is 0 Å². The van der Waals surface area contributed by atoms with Crippen molar-refractivity contribution in [3.05, 3.63) is 71.4 Å². The standard InChI is InChI=1S/C26H29N5S/c1-2-32-22-9-7-20(8-10-22)23-11-6-19(15-28-23)17-31-14-12-24-21(18-31)16-29-26(30-24)25-5-3-4-13-27-25/h6-11,15-16H,2-5,12-14,17-18H2,1H3. The van der Waals surface area contributed by atoms with Gasteiger partial charge in [-0.2, -0.15) is 0 Å². The molecule has 0 unspecified atom stereocenters. The summed E-state index contributed by atoms with van der Waals surface area (Å²) in [5.74, 6) is 1.94. The summed E-state index contributed by atoms with van der Waals surface area (Å²) in [5.41, 5.74) is 6.95. The number of aromatic nitrogens is 3. The Morgan fingerprint density at radius 3 is 2.62 bits per heavy atom. The van der Waals surface area contributed by atoms with E-state index in [1.54, 1.807) is 0 Å². The van der Waals surface area contributed by atoms with Crippen molar-refractivity contribution in [1.82, 2.24) is 19.9 Å². The monoisotopic (exact) mass is 443 g/mol. The summed E-state index contributed by atoms with van der Waals surface area (Å²) in [6.45, 7) is 5.89. The number of aliphatic imine (C=N–C) groups is 1. The zero-order valence-electron chi connectivity index (χ0n) is 18.6. The molecule has 2 aromatic heterocycles. The van der Waals surface area contributed by atoms with E-state index >= 15 is 0 Å². The highest BCUT2D eigenvalue weighted by Crippen LogP contribution is 2.24. The Morgan fingerprint density at radius 2 is 1.88 bits per heavy atom. The maximum Gasteiger partial charge on any atom is 0.173 e. The maximum atomic E-state index is 4.86. The van der Waals surface area contributed by atoms with Crippen LogP contribution >= 0.6 is 11.8 Å². The molecule has 164 valence electrons. The first-order chi connectivity index (χ1) is 15.8. The SMILES string of the molecule is CCSc1ccc(-c2ccc(CN3CCc4nc(C5=NCCCC5)ncc4C3)cn2)cc1. The molecule has 0 spiro atoms. The molecule has 0 bridgehead atoms. The largest absolute Gasteiger partial charge is 0.294 e. The second-order valence-corrected chi connectivity index (χ2v) is 9.76. The smallest absolute Gasteiger partial charge is 0.173 e. The van der Waals surface area contributed by atoms with Crippen LogP contribution in [0.4, 0.5) is 0 Å². The number of nitrogens with zero attached hydrogens (tertiary/aromatic N) is 5. The Morgan fingerprint density at radius 1 is 0.969 bits per heavy atom. The van der Waals surface area contributed by atoms with E-state index in [0.717, 1.165) is 62.0 Å². The maximum absolute atomic E-state index is 4.86. The summed E-state index contributed by atoms with van der Waals surface area (Å²) in [6, 6.07) is 13.0. The van der Waals surface area contributed by atoms with E-state index in [0.29, 0.717) is 0 Å². The fourth-order valence-corrected chi connectivity index (χ4v) is 5.03. The molecule has 6 heteroatoms. The number of benzene rings is 1. The van der Waals surface area contributed by atoms with Gasteiger partial charge in [0.2, 0.25) is 0 Å². The van der Waals surface area contributed by atoms with Crippen LogP contribution in [0.5, 0.6) is 0 Å². The van der Waals surface area contributed by atoms with E-state index in [1.165, 1.54) is 40.1 Å². The van der Waals surface area contributed by atoms with Gasteiger partial charge in [0.05, 0.1) is 17.1 Å². The van der Waals surface area contributed by atoms with Gasteiger partial charge in [0.1, 0.15) is 0 Å². The summed E-state index contributed by atoms with van der Waals surface area (Å²) in [5, 5.41) is 0. The van der Waals surface area contributed by atoms with Gasteiger partial charge in [-0.3, -0.25) is 14.9 Å². The molecule has 0 fully saturated rings. The quantitative estimate of drug-likeness (QED) is 0.491. The van der Waals surface area contributed by atoms with Gasteiger partial charge in [0.15, 0.2) is 5.82 Å². The lowest BCUT2D eigenvalue weighted by atomic mass is 10.0. The van der Waals surface area contributed by atoms with Gasteiger partial charge >= 0.3 is 0 Å². The molecule has 0 aliphatic carbocycles. The van der Waals surface area contributed by atoms with Gasteiger partial charge in [-0.25, -0.2) is 9.97 Å². The highest BCUT2D eigenvalue weighted by Gasteiger charge is 2.20. The lowest BCUT2D eigenvalue weighted by Crippen LogP contribution is -2.31. The minimum atomic E-state index is 0.845. The third kappa shape index (κ3) is 4.92. The third-order valence-corrected chi connectivity index (χ3v) is 6.98. The second kappa shape index (κ2) is 9.92. The van der Waals surface area contributed by atoms with Crippen molar-refractivity contribution in [3.63, 3.8) is 0 Å². The molecule has 32 heavy (non-hydrogen) atoms. The molecular weight excluding hydrogens is 414 g/mol. The fourth-order valence-electron chi connectivity index (χ4n) is 4.36. The topological polar surface area (TPSA) is 54.3 Å². The average molecular weight is 444 g/mol. The molecule has 5 nitrogen and oxygen atoms in total. The van der Waals surface area contributed by atoms with Crippen molar-refractivity contribution in [2.75, 3.05) is 18.8 Å². The summed E-state index contributed by atoms with van der Waals surface area (Å²) < 4.78 is 0. The fraction of sp³-hybridized carbons (Fsp3) is 0.385. The molecule has 0 radical (unpaired) electrons. The van der Waals surface area contributed by atoms with Crippen LogP contribution in [0.1, 0.15) is 48.8 Å². The van der Waals surface area contributed by atoms with Gasteiger partial charge in [0.25, 0.3) is 0 Å². The van der Waals surface area contributed by atoms with Crippen LogP contribution in [-0.4, -0.2) is 44.4 Å². The highest BCUT2D eigenvalue weighted by atomic mass is 32.2. The minimum Gasteiger partial charge on any atom is -0.294 e. The Hall–Kier alpha value is -2.57. The van der Waals surface area contributed by atoms with Gasteiger partial charge in [-0.1, -0.05) is 25.1 Å². The first kappa shape index (κ1) is 21.3. The lowest BCUT2D eigenvalue weighted by molar-refractivity contribution is 0.242. The molecule has 2 aliphatic heterocycles. The first-order valence-corrected chi connectivity index (χ1v) is 12.6. The second-order valence-electron chi connectivity index (χ2n) is 8.42. The molecular formula is C26H29N5S. The van der Waals surface area contributed by atoms with Crippen molar-refractivity contribution in [3.8, 4) is 11.3 Å². The predicted molar refractivity (Wildman–Crippen MR) is 131 cm³/mol. The van der Waals surface area contributed by atoms with E-state index in [-0.39, 0.29) is 0 Å². The van der Waals surface area contributed by atoms with Crippen molar-refractivity contribution in [1.29, 1.82) is 0 Å². The van der Waals surface area contributed by atoms with Crippen molar-refractivity contribution in [2.45, 2.75) is 50.6 Å². The van der Waals surface area contributed by atoms with E-state index in [1.807, 2.05) is 24.2 Å². The van der Waals surface area contributed by atoms with Crippen molar-refractivity contribution in [2.24, 2.45) is 4.99 Å². The molecule has 1 aromatic carbocycles. The number of hydrogen-bond donors (Lipinski definition) is 0. The van der Waals surface area contributed by atoms with Gasteiger partial charge in [0, 0.05) is 61.0 Å². The zero-order chi connectivity index (χ0) is 21.8. The zero-order valence-corrected chi connectivity index (χ0v) is 19.4. The number of hydrogen-bond acceptors (Lipinski definition) is 6. The molecule has 0 N–H and O–H groups in total. The molecule has 0 saturated heterocycles. The molecule has 5 rings (SSSR count). The summed E-state index contributed by atoms with van der Waals surface area (Å²) in [6.07, 6.45) is 8.39. The predicted octanol–water partition coefficient (Wildman–Crippen LogP) is 5.18. The number of fused-ring (bicyclic) bond motifs is 1. The van der Waals surface area contributed by atoms with E-state index in [4.69, 9.17) is 9.97 Å². The summed E-state index contributed by atoms with van der Waals surface area (Å²) in [4.78, 5) is 22.6. The van der Waals surface area contributed by atoms with Crippen LogP contribution < -0.4 is 0 Å². The Bertz CT molecular complexity index is 1090. The van der Waals surface area contributed by atoms with Crippen LogP contribution in [0.2, 0.25) is 0 Å². The van der Waals surface area contributed by atoms with Crippen LogP contribution in [0.25, 0.3) is 11.3 Å². The van der Waals surface area contributed by atoms with Crippen LogP contribution in [0, 0.1) is 0 Å². The van der Waals surface area contributed by atoms with Crippen LogP contribution in [0.15, 0.2) is 58.7 Å². The molecule has 0 atom stereocenters. The third-order valence-electron chi connectivity index (χ3n) is 6.09. The molecule has 3 aromatic rings. The first-order valence-electron chi connectivity index (χ1n) is 11.6. The normalized spacial score (nSPS) is 16.5. The van der Waals surface area contributed by atoms with E-state index in [2.05, 4.69) is 58.2 Å². The lowest BCUT2D eigenvalue weighted by Gasteiger charge is -2.28. The van der Waals surface area contributed by atoms with E-state index in [9.17, 15) is 0 Å². The van der Waals surface area contributed by atoms with Crippen molar-refractivity contribution >= 4 is 17.5 Å². The Labute approximate surface area is 194 Å². The minimum absolute atomic E-state index is 0.845. The average Bonchev–Trinajstić information content (AvgIpc) is 2.85. The number of rotatable bonds is 6. The van der Waals surface area contributed by atoms with Crippen LogP contribution in [-0.2, 0) is 19.5 Å². The van der Waals surface area contributed by atoms with Gasteiger partial charge in [-0.15, -0.1) is 11.8 Å². The number of pyridine rings is 1. The van der Waals surface area contributed by atoms with E-state index < -0.39 is 0 Å². The molecule has 0 saturated carbocycles. The summed E-state index contributed by atoms with van der Waals surface area (Å²) in [7, 11) is 0. The highest BCUT2D eigenvalue weighted by molar-refractivity contribution is 7.99. The van der Waals surface area contributed by atoms with Crippen LogP contribution in [0.3, 0.4) is 0 Å². The van der Waals surface area contributed by atoms with Gasteiger partial charge in [-0.05, 0) is 48.8 Å². The summed E-state index contributed by atoms with van der Waals surface area (Å²) >= 11 is 1.86. The number of thioether (sulfide) groups is 1. The molecule has 2 aliphatic rings. The molecule has 0 amide bonds. The molecule has 4 heterocycles. The van der Waals surface area contributed by atoms with Crippen molar-refractivity contribution < 1.29 is 0 Å². The Balaban J connectivity index is 1.22. The Kier molecular flexibility index (Phi) is 6.60.